The van der Waals surface area contributed by atoms with Crippen molar-refractivity contribution in [2.75, 3.05) is 0 Å². The van der Waals surface area contributed by atoms with Gasteiger partial charge in [0.25, 0.3) is 0 Å². The molecule has 1 aliphatic rings. The maximum Gasteiger partial charge on any atom is 0.412 e. The van der Waals surface area contributed by atoms with Crippen molar-refractivity contribution in [3.8, 4) is 0 Å². The second-order valence-electron chi connectivity index (χ2n) is 5.84. The molecule has 0 aliphatic heterocycles. The molecule has 0 saturated heterocycles. The lowest BCUT2D eigenvalue weighted by Crippen LogP contribution is -2.17. The highest BCUT2D eigenvalue weighted by molar-refractivity contribution is 5.73. The van der Waals surface area contributed by atoms with Gasteiger partial charge in [0.2, 0.25) is 0 Å². The molecule has 1 atom stereocenters. The Bertz CT molecular complexity index is 631. The number of aryl methyl sites for hydroxylation is 1. The smallest absolute Gasteiger partial charge is 0.166 e. The molecular formula is C19H21F3. The molecule has 0 saturated carbocycles. The Balaban J connectivity index is 2.32. The summed E-state index contributed by atoms with van der Waals surface area (Å²) in [7, 11) is 0. The van der Waals surface area contributed by atoms with Crippen molar-refractivity contribution in [3.63, 3.8) is 0 Å². The van der Waals surface area contributed by atoms with Gasteiger partial charge >= 0.3 is 6.18 Å². The minimum Gasteiger partial charge on any atom is -0.166 e. The molecule has 1 aromatic carbocycles. The first-order valence-corrected chi connectivity index (χ1v) is 7.52. The molecule has 22 heavy (non-hydrogen) atoms. The van der Waals surface area contributed by atoms with Gasteiger partial charge in [0.05, 0.1) is 0 Å². The Kier molecular flexibility index (Phi) is 4.94. The molecule has 1 aliphatic carbocycles. The van der Waals surface area contributed by atoms with E-state index in [0.717, 1.165) is 23.1 Å². The topological polar surface area (TPSA) is 0 Å². The Morgan fingerprint density at radius 1 is 1.23 bits per heavy atom. The van der Waals surface area contributed by atoms with E-state index >= 15 is 0 Å². The summed E-state index contributed by atoms with van der Waals surface area (Å²) >= 11 is 0. The number of benzene rings is 1. The molecule has 2 rings (SSSR count). The summed E-state index contributed by atoms with van der Waals surface area (Å²) in [6.45, 7) is 5.86. The van der Waals surface area contributed by atoms with Gasteiger partial charge in [-0.15, -0.1) is 0 Å². The first-order chi connectivity index (χ1) is 10.3. The zero-order valence-corrected chi connectivity index (χ0v) is 13.2. The van der Waals surface area contributed by atoms with Crippen LogP contribution in [-0.4, -0.2) is 6.18 Å². The van der Waals surface area contributed by atoms with E-state index in [-0.39, 0.29) is 12.3 Å². The molecule has 0 fully saturated rings. The van der Waals surface area contributed by atoms with Gasteiger partial charge in [-0.1, -0.05) is 49.4 Å². The summed E-state index contributed by atoms with van der Waals surface area (Å²) in [5.41, 5.74) is 3.93. The first kappa shape index (κ1) is 16.6. The zero-order chi connectivity index (χ0) is 16.3. The molecule has 1 aromatic rings. The van der Waals surface area contributed by atoms with Crippen LogP contribution in [0.1, 0.15) is 37.0 Å². The molecule has 0 radical (unpaired) electrons. The number of allylic oxidation sites excluding steroid dienone is 6. The van der Waals surface area contributed by atoms with Crippen LogP contribution in [0.3, 0.4) is 0 Å². The molecule has 0 spiro atoms. The summed E-state index contributed by atoms with van der Waals surface area (Å²) < 4.78 is 38.4. The molecule has 0 nitrogen and oxygen atoms in total. The summed E-state index contributed by atoms with van der Waals surface area (Å²) in [6, 6.07) is 6.20. The molecule has 0 amide bonds. The fraction of sp³-hybridized carbons (Fsp3) is 0.368. The third-order valence-corrected chi connectivity index (χ3v) is 4.08. The lowest BCUT2D eigenvalue weighted by Gasteiger charge is -2.24. The third kappa shape index (κ3) is 3.70. The highest BCUT2D eigenvalue weighted by Crippen LogP contribution is 2.39. The van der Waals surface area contributed by atoms with E-state index in [2.05, 4.69) is 18.2 Å². The van der Waals surface area contributed by atoms with E-state index in [1.807, 2.05) is 32.9 Å². The van der Waals surface area contributed by atoms with Crippen LogP contribution in [0.5, 0.6) is 0 Å². The van der Waals surface area contributed by atoms with Gasteiger partial charge in [-0.05, 0) is 54.9 Å². The predicted molar refractivity (Wildman–Crippen MR) is 85.6 cm³/mol. The second-order valence-corrected chi connectivity index (χ2v) is 5.84. The predicted octanol–water partition coefficient (Wildman–Crippen LogP) is 6.03. The fourth-order valence-corrected chi connectivity index (χ4v) is 2.86. The Morgan fingerprint density at radius 3 is 2.50 bits per heavy atom. The van der Waals surface area contributed by atoms with Crippen LogP contribution >= 0.6 is 0 Å². The highest BCUT2D eigenvalue weighted by Gasteiger charge is 2.35. The van der Waals surface area contributed by atoms with E-state index in [9.17, 15) is 13.2 Å². The number of alkyl halides is 3. The molecule has 0 heterocycles. The van der Waals surface area contributed by atoms with E-state index in [4.69, 9.17) is 0 Å². The van der Waals surface area contributed by atoms with Crippen molar-refractivity contribution < 1.29 is 13.2 Å². The molecule has 118 valence electrons. The fourth-order valence-electron chi connectivity index (χ4n) is 2.86. The standard InChI is InChI=1S/C19H21F3/c1-4-5-6-15-7-9-17(13(2)11-15)18-10-8-16(12-14(18)3)19(20,21)22/h4-5,7-11,14H,6,12H2,1-3H3/b5-4-. The molecule has 0 bridgehead atoms. The number of halogens is 3. The average molecular weight is 306 g/mol. The van der Waals surface area contributed by atoms with Crippen LogP contribution in [-0.2, 0) is 6.42 Å². The van der Waals surface area contributed by atoms with Crippen molar-refractivity contribution >= 4 is 5.57 Å². The van der Waals surface area contributed by atoms with Crippen molar-refractivity contribution in [3.05, 3.63) is 64.8 Å². The van der Waals surface area contributed by atoms with Gasteiger partial charge in [0.15, 0.2) is 0 Å². The van der Waals surface area contributed by atoms with Gasteiger partial charge in [-0.3, -0.25) is 0 Å². The SMILES string of the molecule is C/C=C\Cc1ccc(C2=CC=C(C(F)(F)F)CC2C)c(C)c1. The minimum absolute atomic E-state index is 0.0507. The van der Waals surface area contributed by atoms with Crippen LogP contribution in [0.25, 0.3) is 5.57 Å². The lowest BCUT2D eigenvalue weighted by atomic mass is 9.82. The quantitative estimate of drug-likeness (QED) is 0.598. The minimum atomic E-state index is -4.22. The number of hydrogen-bond donors (Lipinski definition) is 0. The van der Waals surface area contributed by atoms with E-state index in [1.54, 1.807) is 6.08 Å². The molecule has 1 unspecified atom stereocenters. The highest BCUT2D eigenvalue weighted by atomic mass is 19.4. The van der Waals surface area contributed by atoms with E-state index in [1.165, 1.54) is 11.6 Å². The second kappa shape index (κ2) is 6.55. The Morgan fingerprint density at radius 2 is 1.95 bits per heavy atom. The van der Waals surface area contributed by atoms with Crippen LogP contribution in [0.2, 0.25) is 0 Å². The molecular weight excluding hydrogens is 285 g/mol. The normalized spacial score (nSPS) is 19.3. The van der Waals surface area contributed by atoms with Crippen LogP contribution < -0.4 is 0 Å². The van der Waals surface area contributed by atoms with Crippen molar-refractivity contribution in [1.82, 2.24) is 0 Å². The van der Waals surface area contributed by atoms with Crippen LogP contribution in [0.15, 0.2) is 48.1 Å². The Labute approximate surface area is 130 Å². The summed E-state index contributed by atoms with van der Waals surface area (Å²) in [5.74, 6) is -0.123. The van der Waals surface area contributed by atoms with Gasteiger partial charge < -0.3 is 0 Å². The molecule has 0 N–H and O–H groups in total. The Hall–Kier alpha value is -1.77. The summed E-state index contributed by atoms with van der Waals surface area (Å²) in [4.78, 5) is 0. The number of hydrogen-bond acceptors (Lipinski definition) is 0. The van der Waals surface area contributed by atoms with Crippen molar-refractivity contribution in [1.29, 1.82) is 0 Å². The summed E-state index contributed by atoms with van der Waals surface area (Å²) in [6.07, 6.45) is 3.67. The third-order valence-electron chi connectivity index (χ3n) is 4.08. The van der Waals surface area contributed by atoms with Crippen molar-refractivity contribution in [2.45, 2.75) is 39.8 Å². The van der Waals surface area contributed by atoms with E-state index in [0.29, 0.717) is 0 Å². The summed E-state index contributed by atoms with van der Waals surface area (Å²) in [5, 5.41) is 0. The average Bonchev–Trinajstić information content (AvgIpc) is 2.45. The van der Waals surface area contributed by atoms with Crippen LogP contribution in [0, 0.1) is 12.8 Å². The maximum absolute atomic E-state index is 12.8. The van der Waals surface area contributed by atoms with Gasteiger partial charge in [0.1, 0.15) is 0 Å². The first-order valence-electron chi connectivity index (χ1n) is 7.52. The molecule has 0 aromatic heterocycles. The van der Waals surface area contributed by atoms with Gasteiger partial charge in [0, 0.05) is 5.57 Å². The van der Waals surface area contributed by atoms with Gasteiger partial charge in [-0.25, -0.2) is 0 Å². The maximum atomic E-state index is 12.8. The van der Waals surface area contributed by atoms with E-state index < -0.39 is 11.7 Å². The monoisotopic (exact) mass is 306 g/mol. The molecule has 3 heteroatoms. The zero-order valence-electron chi connectivity index (χ0n) is 13.2. The van der Waals surface area contributed by atoms with Crippen molar-refractivity contribution in [2.24, 2.45) is 5.92 Å². The largest absolute Gasteiger partial charge is 0.412 e. The van der Waals surface area contributed by atoms with Gasteiger partial charge in [-0.2, -0.15) is 13.2 Å². The van der Waals surface area contributed by atoms with Crippen LogP contribution in [0.4, 0.5) is 13.2 Å². The number of rotatable bonds is 3. The lowest BCUT2D eigenvalue weighted by molar-refractivity contribution is -0.0948.